The van der Waals surface area contributed by atoms with Crippen molar-refractivity contribution in [1.82, 2.24) is 4.90 Å². The van der Waals surface area contributed by atoms with Crippen molar-refractivity contribution in [1.29, 1.82) is 0 Å². The first-order valence-corrected chi connectivity index (χ1v) is 8.90. The summed E-state index contributed by atoms with van der Waals surface area (Å²) in [5.41, 5.74) is 3.51. The van der Waals surface area contributed by atoms with Crippen molar-refractivity contribution >= 4 is 11.6 Å². The van der Waals surface area contributed by atoms with Gasteiger partial charge in [-0.25, -0.2) is 0 Å². The van der Waals surface area contributed by atoms with Crippen LogP contribution in [0.2, 0.25) is 0 Å². The standard InChI is InChI=1S/C21H26N2O/c1-2-17-10-12-20(13-11-17)22-21(24)19-9-6-14-23(16-19)15-18-7-4-3-5-8-18/h3-5,7-8,10-13,19H,2,6,9,14-16H2,1H3,(H,22,24). The SMILES string of the molecule is CCc1ccc(NC(=O)C2CCCN(Cc3ccccc3)C2)cc1. The lowest BCUT2D eigenvalue weighted by atomic mass is 9.96. The van der Waals surface area contributed by atoms with Crippen LogP contribution in [-0.2, 0) is 17.8 Å². The lowest BCUT2D eigenvalue weighted by molar-refractivity contribution is -0.121. The van der Waals surface area contributed by atoms with E-state index in [1.165, 1.54) is 11.1 Å². The van der Waals surface area contributed by atoms with Crippen molar-refractivity contribution in [2.24, 2.45) is 5.92 Å². The molecule has 1 aliphatic rings. The first-order valence-electron chi connectivity index (χ1n) is 8.90. The zero-order valence-corrected chi connectivity index (χ0v) is 14.4. The molecule has 0 aromatic heterocycles. The first kappa shape index (κ1) is 16.7. The molecule has 0 bridgehead atoms. The maximum Gasteiger partial charge on any atom is 0.228 e. The Kier molecular flexibility index (Phi) is 5.65. The van der Waals surface area contributed by atoms with E-state index in [0.717, 1.165) is 44.6 Å². The summed E-state index contributed by atoms with van der Waals surface area (Å²) in [6.07, 6.45) is 3.08. The average molecular weight is 322 g/mol. The van der Waals surface area contributed by atoms with E-state index >= 15 is 0 Å². The molecule has 0 radical (unpaired) electrons. The van der Waals surface area contributed by atoms with Crippen molar-refractivity contribution < 1.29 is 4.79 Å². The molecule has 0 aliphatic carbocycles. The quantitative estimate of drug-likeness (QED) is 0.899. The van der Waals surface area contributed by atoms with Crippen LogP contribution in [0.3, 0.4) is 0 Å². The molecule has 1 fully saturated rings. The van der Waals surface area contributed by atoms with Crippen LogP contribution in [0.4, 0.5) is 5.69 Å². The van der Waals surface area contributed by atoms with Crippen LogP contribution in [0.5, 0.6) is 0 Å². The Morgan fingerprint density at radius 3 is 2.54 bits per heavy atom. The first-order chi connectivity index (χ1) is 11.7. The molecular formula is C21H26N2O. The molecule has 24 heavy (non-hydrogen) atoms. The van der Waals surface area contributed by atoms with Crippen molar-refractivity contribution in [3.63, 3.8) is 0 Å². The van der Waals surface area contributed by atoms with Gasteiger partial charge in [0, 0.05) is 18.8 Å². The highest BCUT2D eigenvalue weighted by Crippen LogP contribution is 2.20. The average Bonchev–Trinajstić information content (AvgIpc) is 2.63. The summed E-state index contributed by atoms with van der Waals surface area (Å²) in [6.45, 7) is 4.98. The smallest absolute Gasteiger partial charge is 0.228 e. The minimum absolute atomic E-state index is 0.0771. The summed E-state index contributed by atoms with van der Waals surface area (Å²) in [4.78, 5) is 15.0. The molecular weight excluding hydrogens is 296 g/mol. The Morgan fingerprint density at radius 1 is 1.08 bits per heavy atom. The number of carbonyl (C=O) groups excluding carboxylic acids is 1. The van der Waals surface area contributed by atoms with Crippen molar-refractivity contribution in [2.75, 3.05) is 18.4 Å². The van der Waals surface area contributed by atoms with Gasteiger partial charge in [0.2, 0.25) is 5.91 Å². The molecule has 1 aliphatic heterocycles. The minimum Gasteiger partial charge on any atom is -0.326 e. The second-order valence-corrected chi connectivity index (χ2v) is 6.60. The van der Waals surface area contributed by atoms with Crippen molar-refractivity contribution in [3.8, 4) is 0 Å². The highest BCUT2D eigenvalue weighted by molar-refractivity contribution is 5.92. The number of likely N-dealkylation sites (tertiary alicyclic amines) is 1. The fraction of sp³-hybridized carbons (Fsp3) is 0.381. The number of amides is 1. The maximum atomic E-state index is 12.6. The Balaban J connectivity index is 1.56. The third-order valence-electron chi connectivity index (χ3n) is 4.76. The monoisotopic (exact) mass is 322 g/mol. The van der Waals surface area contributed by atoms with E-state index in [1.807, 2.05) is 18.2 Å². The predicted molar refractivity (Wildman–Crippen MR) is 98.9 cm³/mol. The second-order valence-electron chi connectivity index (χ2n) is 6.60. The van der Waals surface area contributed by atoms with E-state index in [0.29, 0.717) is 0 Å². The molecule has 1 saturated heterocycles. The lowest BCUT2D eigenvalue weighted by Crippen LogP contribution is -2.40. The summed E-state index contributed by atoms with van der Waals surface area (Å²) in [5, 5.41) is 3.08. The molecule has 3 nitrogen and oxygen atoms in total. The number of hydrogen-bond acceptors (Lipinski definition) is 2. The molecule has 0 spiro atoms. The predicted octanol–water partition coefficient (Wildman–Crippen LogP) is 4.10. The molecule has 1 unspecified atom stereocenters. The van der Waals surface area contributed by atoms with E-state index in [1.54, 1.807) is 0 Å². The minimum atomic E-state index is 0.0771. The van der Waals surface area contributed by atoms with Gasteiger partial charge in [-0.05, 0) is 49.1 Å². The lowest BCUT2D eigenvalue weighted by Gasteiger charge is -2.32. The molecule has 126 valence electrons. The van der Waals surface area contributed by atoms with Crippen molar-refractivity contribution in [3.05, 3.63) is 65.7 Å². The Bertz CT molecular complexity index is 651. The summed E-state index contributed by atoms with van der Waals surface area (Å²) in [7, 11) is 0. The molecule has 2 aromatic carbocycles. The van der Waals surface area contributed by atoms with Gasteiger partial charge < -0.3 is 5.32 Å². The van der Waals surface area contributed by atoms with E-state index < -0.39 is 0 Å². The van der Waals surface area contributed by atoms with Crippen LogP contribution in [0.1, 0.15) is 30.9 Å². The van der Waals surface area contributed by atoms with E-state index in [-0.39, 0.29) is 11.8 Å². The van der Waals surface area contributed by atoms with Gasteiger partial charge in [0.25, 0.3) is 0 Å². The molecule has 0 saturated carbocycles. The van der Waals surface area contributed by atoms with Gasteiger partial charge in [0.15, 0.2) is 0 Å². The third kappa shape index (κ3) is 4.45. The second kappa shape index (κ2) is 8.11. The number of hydrogen-bond donors (Lipinski definition) is 1. The van der Waals surface area contributed by atoms with Gasteiger partial charge >= 0.3 is 0 Å². The molecule has 1 amide bonds. The van der Waals surface area contributed by atoms with E-state index in [2.05, 4.69) is 53.5 Å². The van der Waals surface area contributed by atoms with Crippen LogP contribution in [-0.4, -0.2) is 23.9 Å². The molecule has 1 atom stereocenters. The number of nitrogens with one attached hydrogen (secondary N) is 1. The fourth-order valence-corrected chi connectivity index (χ4v) is 3.32. The topological polar surface area (TPSA) is 32.3 Å². The van der Waals surface area contributed by atoms with Crippen LogP contribution in [0.15, 0.2) is 54.6 Å². The normalized spacial score (nSPS) is 18.3. The van der Waals surface area contributed by atoms with Gasteiger partial charge in [-0.1, -0.05) is 49.4 Å². The van der Waals surface area contributed by atoms with Crippen LogP contribution in [0, 0.1) is 5.92 Å². The highest BCUT2D eigenvalue weighted by Gasteiger charge is 2.25. The largest absolute Gasteiger partial charge is 0.326 e. The van der Waals surface area contributed by atoms with E-state index in [9.17, 15) is 4.79 Å². The molecule has 1 heterocycles. The Hall–Kier alpha value is -2.13. The summed E-state index contributed by atoms with van der Waals surface area (Å²) < 4.78 is 0. The number of carbonyl (C=O) groups is 1. The van der Waals surface area contributed by atoms with Crippen LogP contribution in [0.25, 0.3) is 0 Å². The van der Waals surface area contributed by atoms with Gasteiger partial charge in [-0.15, -0.1) is 0 Å². The number of aryl methyl sites for hydroxylation is 1. The van der Waals surface area contributed by atoms with Crippen molar-refractivity contribution in [2.45, 2.75) is 32.7 Å². The zero-order valence-electron chi connectivity index (χ0n) is 14.4. The van der Waals surface area contributed by atoms with Crippen LogP contribution < -0.4 is 5.32 Å². The van der Waals surface area contributed by atoms with Gasteiger partial charge in [0.1, 0.15) is 0 Å². The fourth-order valence-electron chi connectivity index (χ4n) is 3.32. The third-order valence-corrected chi connectivity index (χ3v) is 4.76. The Labute approximate surface area is 144 Å². The van der Waals surface area contributed by atoms with Crippen LogP contribution >= 0.6 is 0 Å². The van der Waals surface area contributed by atoms with Gasteiger partial charge in [0.05, 0.1) is 5.92 Å². The maximum absolute atomic E-state index is 12.6. The zero-order chi connectivity index (χ0) is 16.8. The number of piperidine rings is 1. The highest BCUT2D eigenvalue weighted by atomic mass is 16.1. The molecule has 1 N–H and O–H groups in total. The summed E-state index contributed by atoms with van der Waals surface area (Å²) >= 11 is 0. The molecule has 3 rings (SSSR count). The molecule has 3 heteroatoms. The number of nitrogens with zero attached hydrogens (tertiary/aromatic N) is 1. The number of anilines is 1. The molecule has 2 aromatic rings. The number of benzene rings is 2. The van der Waals surface area contributed by atoms with E-state index in [4.69, 9.17) is 0 Å². The summed E-state index contributed by atoms with van der Waals surface area (Å²) in [6, 6.07) is 18.7. The Morgan fingerprint density at radius 2 is 1.83 bits per heavy atom. The summed E-state index contributed by atoms with van der Waals surface area (Å²) in [5.74, 6) is 0.227. The number of rotatable bonds is 5. The van der Waals surface area contributed by atoms with Gasteiger partial charge in [-0.3, -0.25) is 9.69 Å². The van der Waals surface area contributed by atoms with Gasteiger partial charge in [-0.2, -0.15) is 0 Å².